The van der Waals surface area contributed by atoms with Crippen LogP contribution in [0.15, 0.2) is 152 Å². The van der Waals surface area contributed by atoms with Crippen LogP contribution < -0.4 is 0 Å². The lowest BCUT2D eigenvalue weighted by Crippen LogP contribution is -2.19. The van der Waals surface area contributed by atoms with Crippen LogP contribution in [0, 0.1) is 22.7 Å². The van der Waals surface area contributed by atoms with Crippen LogP contribution in [0.2, 0.25) is 0 Å². The summed E-state index contributed by atoms with van der Waals surface area (Å²) in [6.45, 7) is 0. The Morgan fingerprint density at radius 1 is 0.562 bits per heavy atom. The number of para-hydroxylation sites is 3. The molecule has 0 bridgehead atoms. The van der Waals surface area contributed by atoms with Crippen molar-refractivity contribution in [3.8, 4) is 12.1 Å². The van der Waals surface area contributed by atoms with Gasteiger partial charge in [0.15, 0.2) is 0 Å². The second kappa shape index (κ2) is 11.2. The molecular weight excluding hydrogens is 585 g/mol. The fourth-order valence-electron chi connectivity index (χ4n) is 8.00. The summed E-state index contributed by atoms with van der Waals surface area (Å²) in [6, 6.07) is 42.6. The Labute approximate surface area is 278 Å². The summed E-state index contributed by atoms with van der Waals surface area (Å²) in [5, 5.41) is 24.4. The molecule has 0 fully saturated rings. The minimum Gasteiger partial charge on any atom is -0.332 e. The largest absolute Gasteiger partial charge is 0.332 e. The first-order valence-electron chi connectivity index (χ1n) is 16.4. The van der Waals surface area contributed by atoms with E-state index in [1.165, 1.54) is 38.6 Å². The Balaban J connectivity index is 1.15. The van der Waals surface area contributed by atoms with Crippen molar-refractivity contribution in [1.29, 1.82) is 10.5 Å². The van der Waals surface area contributed by atoms with Gasteiger partial charge in [0.1, 0.15) is 0 Å². The summed E-state index contributed by atoms with van der Waals surface area (Å²) in [7, 11) is 0. The average molecular weight is 615 g/mol. The topological polar surface area (TPSA) is 57.4 Å². The van der Waals surface area contributed by atoms with E-state index in [2.05, 4.69) is 155 Å². The highest BCUT2D eigenvalue weighted by molar-refractivity contribution is 6.10. The van der Waals surface area contributed by atoms with Crippen LogP contribution in [-0.2, 0) is 0 Å². The number of nitrogens with zero attached hydrogens (tertiary/aromatic N) is 4. The van der Waals surface area contributed by atoms with Gasteiger partial charge in [-0.2, -0.15) is 10.5 Å². The van der Waals surface area contributed by atoms with Gasteiger partial charge in [-0.1, -0.05) is 97.1 Å². The van der Waals surface area contributed by atoms with Gasteiger partial charge in [-0.05, 0) is 72.2 Å². The fraction of sp³-hybridized carbons (Fsp3) is 0.0909. The first kappa shape index (κ1) is 27.9. The maximum Gasteiger partial charge on any atom is 0.0991 e. The average Bonchev–Trinajstić information content (AvgIpc) is 3.67. The molecule has 0 saturated carbocycles. The van der Waals surface area contributed by atoms with Crippen molar-refractivity contribution < 1.29 is 0 Å². The van der Waals surface area contributed by atoms with Gasteiger partial charge in [-0.25, -0.2) is 0 Å². The molecule has 2 aliphatic carbocycles. The third-order valence-electron chi connectivity index (χ3n) is 10.1. The highest BCUT2D eigenvalue weighted by Crippen LogP contribution is 2.44. The van der Waals surface area contributed by atoms with Gasteiger partial charge in [0, 0.05) is 50.1 Å². The van der Waals surface area contributed by atoms with Gasteiger partial charge < -0.3 is 9.13 Å². The van der Waals surface area contributed by atoms with E-state index in [9.17, 15) is 10.5 Å². The van der Waals surface area contributed by atoms with E-state index in [1.54, 1.807) is 0 Å². The number of nitriles is 2. The van der Waals surface area contributed by atoms with Crippen molar-refractivity contribution in [2.24, 2.45) is 0 Å². The van der Waals surface area contributed by atoms with Crippen LogP contribution in [-0.4, -0.2) is 9.13 Å². The number of aromatic nitrogens is 2. The maximum absolute atomic E-state index is 10.0. The summed E-state index contributed by atoms with van der Waals surface area (Å²) in [5.41, 5.74) is 9.56. The Bertz CT molecular complexity index is 2590. The van der Waals surface area contributed by atoms with Crippen LogP contribution in [0.5, 0.6) is 0 Å². The Morgan fingerprint density at radius 3 is 1.85 bits per heavy atom. The summed E-state index contributed by atoms with van der Waals surface area (Å²) in [4.78, 5) is 0. The summed E-state index contributed by atoms with van der Waals surface area (Å²) in [5.74, 6) is 0.171. The van der Waals surface area contributed by atoms with E-state index in [0.29, 0.717) is 11.1 Å². The monoisotopic (exact) mass is 614 g/mol. The van der Waals surface area contributed by atoms with Crippen LogP contribution in [0.4, 0.5) is 0 Å². The Kier molecular flexibility index (Phi) is 6.49. The second-order valence-corrected chi connectivity index (χ2v) is 12.7. The molecule has 2 aliphatic rings. The van der Waals surface area contributed by atoms with Crippen molar-refractivity contribution in [2.75, 3.05) is 0 Å². The molecule has 0 aliphatic heterocycles. The number of allylic oxidation sites excluding steroid dienone is 8. The van der Waals surface area contributed by atoms with Crippen molar-refractivity contribution in [2.45, 2.75) is 24.3 Å². The third-order valence-corrected chi connectivity index (χ3v) is 10.1. The standard InChI is InChI=1S/C44H30N4/c45-27-29-17-23-33(31-19-21-32(22-20-31)47-40-13-5-1-9-34(40)35-10-2-6-14-41(35)47)38(25-29)36-11-3-7-15-42(36)48-43-16-8-4-12-37(43)39-26-30(28-46)18-24-44(39)48/h1-19,21-26,31,36,42H,20H2. The molecule has 48 heavy (non-hydrogen) atoms. The number of hydrogen-bond donors (Lipinski definition) is 0. The highest BCUT2D eigenvalue weighted by Gasteiger charge is 2.29. The predicted molar refractivity (Wildman–Crippen MR) is 196 cm³/mol. The molecule has 2 aromatic heterocycles. The second-order valence-electron chi connectivity index (χ2n) is 12.7. The molecule has 0 spiro atoms. The molecule has 0 amide bonds. The molecule has 0 N–H and O–H groups in total. The van der Waals surface area contributed by atoms with Crippen molar-refractivity contribution in [3.63, 3.8) is 0 Å². The van der Waals surface area contributed by atoms with Gasteiger partial charge in [0.2, 0.25) is 0 Å². The summed E-state index contributed by atoms with van der Waals surface area (Å²) in [6.07, 6.45) is 16.6. The van der Waals surface area contributed by atoms with Gasteiger partial charge >= 0.3 is 0 Å². The third kappa shape index (κ3) is 4.28. The SMILES string of the molecule is N#Cc1ccc(C2C=CC(n3c4ccccc4c4ccccc43)=CC2)c(C2C=CC=CC2n2c3ccccc3c3cc(C#N)ccc32)c1. The number of rotatable bonds is 4. The molecule has 0 saturated heterocycles. The van der Waals surface area contributed by atoms with Gasteiger partial charge in [-0.3, -0.25) is 0 Å². The van der Waals surface area contributed by atoms with E-state index in [4.69, 9.17) is 0 Å². The lowest BCUT2D eigenvalue weighted by atomic mass is 9.79. The number of fused-ring (bicyclic) bond motifs is 6. The number of hydrogen-bond acceptors (Lipinski definition) is 2. The van der Waals surface area contributed by atoms with E-state index >= 15 is 0 Å². The van der Waals surface area contributed by atoms with Gasteiger partial charge in [0.05, 0.1) is 40.3 Å². The van der Waals surface area contributed by atoms with Crippen LogP contribution >= 0.6 is 0 Å². The van der Waals surface area contributed by atoms with E-state index in [0.717, 1.165) is 28.2 Å². The molecule has 3 atom stereocenters. The summed E-state index contributed by atoms with van der Waals surface area (Å²) >= 11 is 0. The predicted octanol–water partition coefficient (Wildman–Crippen LogP) is 10.7. The minimum absolute atomic E-state index is 0.00376. The zero-order valence-corrected chi connectivity index (χ0v) is 26.2. The first-order valence-corrected chi connectivity index (χ1v) is 16.4. The van der Waals surface area contributed by atoms with Crippen molar-refractivity contribution >= 4 is 49.3 Å². The number of benzene rings is 5. The molecule has 9 rings (SSSR count). The zero-order chi connectivity index (χ0) is 32.2. The fourth-order valence-corrected chi connectivity index (χ4v) is 8.00. The molecule has 7 aromatic rings. The first-order chi connectivity index (χ1) is 23.7. The molecule has 4 nitrogen and oxygen atoms in total. The lowest BCUT2D eigenvalue weighted by molar-refractivity contribution is 0.570. The van der Waals surface area contributed by atoms with Crippen LogP contribution in [0.3, 0.4) is 0 Å². The molecule has 0 radical (unpaired) electrons. The van der Waals surface area contributed by atoms with Gasteiger partial charge in [0.25, 0.3) is 0 Å². The summed E-state index contributed by atoms with van der Waals surface area (Å²) < 4.78 is 4.79. The normalized spacial score (nSPS) is 18.8. The van der Waals surface area contributed by atoms with E-state index < -0.39 is 0 Å². The Morgan fingerprint density at radius 2 is 1.17 bits per heavy atom. The lowest BCUT2D eigenvalue weighted by Gasteiger charge is -2.31. The maximum atomic E-state index is 10.0. The molecule has 2 heterocycles. The van der Waals surface area contributed by atoms with Crippen LogP contribution in [0.1, 0.15) is 46.6 Å². The Hall–Kier alpha value is -6.36. The highest BCUT2D eigenvalue weighted by atomic mass is 15.0. The minimum atomic E-state index is -0.0192. The molecule has 5 aromatic carbocycles. The van der Waals surface area contributed by atoms with E-state index in [1.807, 2.05) is 18.2 Å². The molecule has 226 valence electrons. The molecular formula is C44H30N4. The van der Waals surface area contributed by atoms with Crippen LogP contribution in [0.25, 0.3) is 49.3 Å². The molecule has 4 heteroatoms. The molecule has 3 unspecified atom stereocenters. The van der Waals surface area contributed by atoms with E-state index in [-0.39, 0.29) is 17.9 Å². The zero-order valence-electron chi connectivity index (χ0n) is 26.2. The van der Waals surface area contributed by atoms with Gasteiger partial charge in [-0.15, -0.1) is 0 Å². The van der Waals surface area contributed by atoms with Crippen molar-refractivity contribution in [1.82, 2.24) is 9.13 Å². The van der Waals surface area contributed by atoms with Crippen molar-refractivity contribution in [3.05, 3.63) is 174 Å². The quantitative estimate of drug-likeness (QED) is 0.198. The smallest absolute Gasteiger partial charge is 0.0991 e.